The largest absolute Gasteiger partial charge is 0.353 e. The second-order valence-electron chi connectivity index (χ2n) is 5.87. The SMILES string of the molecule is Cc1cn(CCc2ccccc2F)c(NC2CCCC2)n1. The van der Waals surface area contributed by atoms with Gasteiger partial charge in [-0.25, -0.2) is 9.37 Å². The highest BCUT2D eigenvalue weighted by atomic mass is 19.1. The summed E-state index contributed by atoms with van der Waals surface area (Å²) in [7, 11) is 0. The number of imidazole rings is 1. The van der Waals surface area contributed by atoms with E-state index in [0.717, 1.165) is 23.8 Å². The number of aryl methyl sites for hydroxylation is 3. The maximum absolute atomic E-state index is 13.7. The molecule has 112 valence electrons. The zero-order valence-electron chi connectivity index (χ0n) is 12.5. The molecule has 0 amide bonds. The zero-order valence-corrected chi connectivity index (χ0v) is 12.5. The molecule has 1 aromatic heterocycles. The summed E-state index contributed by atoms with van der Waals surface area (Å²) >= 11 is 0. The fraction of sp³-hybridized carbons (Fsp3) is 0.471. The third-order valence-corrected chi connectivity index (χ3v) is 4.17. The van der Waals surface area contributed by atoms with Gasteiger partial charge < -0.3 is 9.88 Å². The minimum Gasteiger partial charge on any atom is -0.353 e. The number of nitrogens with one attached hydrogen (secondary N) is 1. The van der Waals surface area contributed by atoms with Crippen LogP contribution < -0.4 is 5.32 Å². The molecular formula is C17H22FN3. The van der Waals surface area contributed by atoms with E-state index in [9.17, 15) is 4.39 Å². The first-order valence-electron chi connectivity index (χ1n) is 7.76. The lowest BCUT2D eigenvalue weighted by Crippen LogP contribution is -2.18. The highest BCUT2D eigenvalue weighted by molar-refractivity contribution is 5.31. The van der Waals surface area contributed by atoms with Crippen LogP contribution in [-0.4, -0.2) is 15.6 Å². The second kappa shape index (κ2) is 6.29. The van der Waals surface area contributed by atoms with Crippen LogP contribution in [0, 0.1) is 12.7 Å². The van der Waals surface area contributed by atoms with Gasteiger partial charge in [0.25, 0.3) is 0 Å². The van der Waals surface area contributed by atoms with Gasteiger partial charge in [-0.3, -0.25) is 0 Å². The van der Waals surface area contributed by atoms with Crippen LogP contribution in [0.4, 0.5) is 10.3 Å². The quantitative estimate of drug-likeness (QED) is 0.903. The van der Waals surface area contributed by atoms with Crippen LogP contribution in [-0.2, 0) is 13.0 Å². The Kier molecular flexibility index (Phi) is 4.23. The number of hydrogen-bond donors (Lipinski definition) is 1. The van der Waals surface area contributed by atoms with Crippen molar-refractivity contribution in [2.45, 2.75) is 51.6 Å². The first-order valence-corrected chi connectivity index (χ1v) is 7.76. The van der Waals surface area contributed by atoms with Crippen molar-refractivity contribution in [2.24, 2.45) is 0 Å². The summed E-state index contributed by atoms with van der Waals surface area (Å²) in [5, 5.41) is 3.54. The number of aromatic nitrogens is 2. The molecule has 0 radical (unpaired) electrons. The van der Waals surface area contributed by atoms with Gasteiger partial charge in [0.15, 0.2) is 0 Å². The van der Waals surface area contributed by atoms with E-state index in [1.807, 2.05) is 25.3 Å². The third kappa shape index (κ3) is 3.43. The smallest absolute Gasteiger partial charge is 0.203 e. The highest BCUT2D eigenvalue weighted by Gasteiger charge is 2.17. The molecule has 1 heterocycles. The predicted molar refractivity (Wildman–Crippen MR) is 82.9 cm³/mol. The molecule has 3 nitrogen and oxygen atoms in total. The Labute approximate surface area is 125 Å². The topological polar surface area (TPSA) is 29.9 Å². The molecule has 1 aliphatic carbocycles. The van der Waals surface area contributed by atoms with E-state index in [4.69, 9.17) is 0 Å². The Balaban J connectivity index is 1.68. The van der Waals surface area contributed by atoms with Gasteiger partial charge >= 0.3 is 0 Å². The van der Waals surface area contributed by atoms with Crippen molar-refractivity contribution < 1.29 is 4.39 Å². The van der Waals surface area contributed by atoms with E-state index in [1.165, 1.54) is 31.7 Å². The molecule has 2 aromatic rings. The molecule has 0 spiro atoms. The van der Waals surface area contributed by atoms with Gasteiger partial charge in [0.1, 0.15) is 5.82 Å². The lowest BCUT2D eigenvalue weighted by atomic mass is 10.1. The zero-order chi connectivity index (χ0) is 14.7. The van der Waals surface area contributed by atoms with Crippen molar-refractivity contribution in [2.75, 3.05) is 5.32 Å². The fourth-order valence-electron chi connectivity index (χ4n) is 3.03. The number of anilines is 1. The summed E-state index contributed by atoms with van der Waals surface area (Å²) in [6.45, 7) is 2.75. The maximum atomic E-state index is 13.7. The van der Waals surface area contributed by atoms with Crippen molar-refractivity contribution in [3.63, 3.8) is 0 Å². The molecule has 4 heteroatoms. The molecular weight excluding hydrogens is 265 g/mol. The van der Waals surface area contributed by atoms with Crippen LogP contribution in [0.3, 0.4) is 0 Å². The molecule has 21 heavy (non-hydrogen) atoms. The fourth-order valence-corrected chi connectivity index (χ4v) is 3.03. The minimum atomic E-state index is -0.125. The molecule has 1 saturated carbocycles. The van der Waals surface area contributed by atoms with Crippen LogP contribution in [0.5, 0.6) is 0 Å². The van der Waals surface area contributed by atoms with Gasteiger partial charge in [-0.05, 0) is 37.8 Å². The number of hydrogen-bond acceptors (Lipinski definition) is 2. The van der Waals surface area contributed by atoms with Crippen molar-refractivity contribution in [1.82, 2.24) is 9.55 Å². The van der Waals surface area contributed by atoms with Crippen LogP contribution in [0.2, 0.25) is 0 Å². The Morgan fingerprint density at radius 3 is 2.81 bits per heavy atom. The molecule has 1 fully saturated rings. The molecule has 3 rings (SSSR count). The molecule has 1 aliphatic rings. The average Bonchev–Trinajstić information content (AvgIpc) is 3.08. The van der Waals surface area contributed by atoms with E-state index in [-0.39, 0.29) is 5.82 Å². The molecule has 1 N–H and O–H groups in total. The first kappa shape index (κ1) is 14.1. The Bertz CT molecular complexity index is 600. The van der Waals surface area contributed by atoms with Crippen molar-refractivity contribution in [1.29, 1.82) is 0 Å². The van der Waals surface area contributed by atoms with Gasteiger partial charge in [-0.15, -0.1) is 0 Å². The Hall–Kier alpha value is -1.84. The minimum absolute atomic E-state index is 0.125. The van der Waals surface area contributed by atoms with Crippen molar-refractivity contribution >= 4 is 5.95 Å². The van der Waals surface area contributed by atoms with E-state index >= 15 is 0 Å². The highest BCUT2D eigenvalue weighted by Crippen LogP contribution is 2.22. The first-order chi connectivity index (χ1) is 10.2. The lowest BCUT2D eigenvalue weighted by Gasteiger charge is -2.14. The standard InChI is InChI=1S/C17H22FN3/c1-13-12-21(11-10-14-6-2-5-9-16(14)18)17(19-13)20-15-7-3-4-8-15/h2,5-6,9,12,15H,3-4,7-8,10-11H2,1H3,(H,19,20). The Morgan fingerprint density at radius 2 is 2.05 bits per heavy atom. The van der Waals surface area contributed by atoms with Crippen molar-refractivity contribution in [3.05, 3.63) is 47.5 Å². The number of benzene rings is 1. The summed E-state index contributed by atoms with van der Waals surface area (Å²) in [6.07, 6.45) is 7.76. The van der Waals surface area contributed by atoms with Gasteiger partial charge in [0, 0.05) is 18.8 Å². The van der Waals surface area contributed by atoms with Gasteiger partial charge in [-0.2, -0.15) is 0 Å². The monoisotopic (exact) mass is 287 g/mol. The number of halogens is 1. The van der Waals surface area contributed by atoms with E-state index in [2.05, 4.69) is 14.9 Å². The number of rotatable bonds is 5. The molecule has 1 aromatic carbocycles. The average molecular weight is 287 g/mol. The van der Waals surface area contributed by atoms with Crippen LogP contribution in [0.25, 0.3) is 0 Å². The van der Waals surface area contributed by atoms with E-state index < -0.39 is 0 Å². The second-order valence-corrected chi connectivity index (χ2v) is 5.87. The molecule has 0 unspecified atom stereocenters. The molecule has 0 bridgehead atoms. The summed E-state index contributed by atoms with van der Waals surface area (Å²) in [5.41, 5.74) is 1.76. The van der Waals surface area contributed by atoms with Crippen LogP contribution in [0.1, 0.15) is 36.9 Å². The summed E-state index contributed by atoms with van der Waals surface area (Å²) < 4.78 is 15.8. The van der Waals surface area contributed by atoms with Crippen LogP contribution in [0.15, 0.2) is 30.5 Å². The maximum Gasteiger partial charge on any atom is 0.203 e. The Morgan fingerprint density at radius 1 is 1.29 bits per heavy atom. The van der Waals surface area contributed by atoms with Gasteiger partial charge in [0.05, 0.1) is 5.69 Å². The summed E-state index contributed by atoms with van der Waals surface area (Å²) in [4.78, 5) is 4.57. The lowest BCUT2D eigenvalue weighted by molar-refractivity contribution is 0.592. The normalized spacial score (nSPS) is 15.5. The number of nitrogens with zero attached hydrogens (tertiary/aromatic N) is 2. The summed E-state index contributed by atoms with van der Waals surface area (Å²) in [5.74, 6) is 0.801. The summed E-state index contributed by atoms with van der Waals surface area (Å²) in [6, 6.07) is 7.52. The molecule has 0 saturated heterocycles. The van der Waals surface area contributed by atoms with Gasteiger partial charge in [-0.1, -0.05) is 31.0 Å². The molecule has 0 aliphatic heterocycles. The van der Waals surface area contributed by atoms with E-state index in [0.29, 0.717) is 12.5 Å². The predicted octanol–water partition coefficient (Wildman–Crippen LogP) is 3.93. The van der Waals surface area contributed by atoms with E-state index in [1.54, 1.807) is 6.07 Å². The van der Waals surface area contributed by atoms with Crippen molar-refractivity contribution in [3.8, 4) is 0 Å². The van der Waals surface area contributed by atoms with Crippen LogP contribution >= 0.6 is 0 Å². The molecule has 0 atom stereocenters. The third-order valence-electron chi connectivity index (χ3n) is 4.17. The van der Waals surface area contributed by atoms with Gasteiger partial charge in [0.2, 0.25) is 5.95 Å².